The third-order valence-electron chi connectivity index (χ3n) is 4.66. The fourth-order valence-corrected chi connectivity index (χ4v) is 3.23. The van der Waals surface area contributed by atoms with Gasteiger partial charge in [0, 0.05) is 24.3 Å². The molecule has 8 nitrogen and oxygen atoms in total. The maximum atomic E-state index is 12.9. The molecular formula is C22H19N5O3. The fourth-order valence-electron chi connectivity index (χ4n) is 3.23. The van der Waals surface area contributed by atoms with E-state index in [4.69, 9.17) is 0 Å². The average molecular weight is 401 g/mol. The molecule has 0 fully saturated rings. The van der Waals surface area contributed by atoms with Gasteiger partial charge in [-0.05, 0) is 54.4 Å². The van der Waals surface area contributed by atoms with Crippen molar-refractivity contribution >= 4 is 11.6 Å². The van der Waals surface area contributed by atoms with E-state index in [0.717, 1.165) is 15.7 Å². The molecule has 1 N–H and O–H groups in total. The lowest BCUT2D eigenvalue weighted by molar-refractivity contribution is -0.116. The van der Waals surface area contributed by atoms with Gasteiger partial charge in [-0.15, -0.1) is 0 Å². The number of carbonyl (C=O) groups is 1. The summed E-state index contributed by atoms with van der Waals surface area (Å²) in [6, 6.07) is 14.2. The number of rotatable bonds is 5. The van der Waals surface area contributed by atoms with Crippen molar-refractivity contribution in [1.29, 1.82) is 0 Å². The summed E-state index contributed by atoms with van der Waals surface area (Å²) < 4.78 is 2.58. The van der Waals surface area contributed by atoms with Crippen molar-refractivity contribution in [2.75, 3.05) is 5.32 Å². The van der Waals surface area contributed by atoms with Gasteiger partial charge in [-0.2, -0.15) is 4.98 Å². The third-order valence-corrected chi connectivity index (χ3v) is 4.66. The number of aromatic nitrogens is 4. The van der Waals surface area contributed by atoms with Crippen LogP contribution in [0.2, 0.25) is 0 Å². The van der Waals surface area contributed by atoms with Crippen LogP contribution in [0.15, 0.2) is 76.7 Å². The predicted octanol–water partition coefficient (Wildman–Crippen LogP) is 1.90. The van der Waals surface area contributed by atoms with Crippen LogP contribution >= 0.6 is 0 Å². The molecule has 0 bridgehead atoms. The first-order valence-electron chi connectivity index (χ1n) is 9.37. The molecule has 1 aromatic carbocycles. The number of hydrogen-bond donors (Lipinski definition) is 1. The minimum Gasteiger partial charge on any atom is -0.325 e. The van der Waals surface area contributed by atoms with Gasteiger partial charge in [0.15, 0.2) is 5.82 Å². The van der Waals surface area contributed by atoms with Gasteiger partial charge in [0.1, 0.15) is 6.54 Å². The van der Waals surface area contributed by atoms with E-state index in [1.165, 1.54) is 4.57 Å². The minimum absolute atomic E-state index is 0.0778. The lowest BCUT2D eigenvalue weighted by Gasteiger charge is -2.15. The summed E-state index contributed by atoms with van der Waals surface area (Å²) in [6.45, 7) is 1.96. The number of benzene rings is 1. The molecule has 150 valence electrons. The first kappa shape index (κ1) is 19.3. The summed E-state index contributed by atoms with van der Waals surface area (Å²) in [4.78, 5) is 46.0. The van der Waals surface area contributed by atoms with E-state index in [9.17, 15) is 14.4 Å². The standard InChI is InChI=1S/C22H19N5O3/c1-15-4-2-5-17(12-15)24-19(28)14-26-11-3-6-18-20(26)25-22(30)27(21(18)29)13-16-7-9-23-10-8-16/h2-12H,13-14H2,1H3,(H,24,28). The molecule has 4 rings (SSSR count). The minimum atomic E-state index is -0.664. The monoisotopic (exact) mass is 401 g/mol. The second kappa shape index (κ2) is 8.12. The number of nitrogens with zero attached hydrogens (tertiary/aromatic N) is 4. The number of nitrogens with one attached hydrogen (secondary N) is 1. The molecule has 1 amide bonds. The molecule has 0 unspecified atom stereocenters. The summed E-state index contributed by atoms with van der Waals surface area (Å²) in [5.41, 5.74) is 1.64. The number of amides is 1. The van der Waals surface area contributed by atoms with Crippen LogP contribution in [-0.4, -0.2) is 25.0 Å². The molecule has 2 aromatic rings. The Kier molecular flexibility index (Phi) is 5.21. The molecular weight excluding hydrogens is 382 g/mol. The van der Waals surface area contributed by atoms with Gasteiger partial charge in [0.25, 0.3) is 5.56 Å². The van der Waals surface area contributed by atoms with E-state index in [-0.39, 0.29) is 30.4 Å². The molecule has 2 aliphatic rings. The molecule has 3 heterocycles. The smallest absolute Gasteiger partial charge is 0.325 e. The number of carbonyl (C=O) groups excluding carboxylic acids is 1. The van der Waals surface area contributed by atoms with Crippen LogP contribution in [0, 0.1) is 6.92 Å². The first-order valence-corrected chi connectivity index (χ1v) is 9.37. The van der Waals surface area contributed by atoms with Crippen LogP contribution in [0.3, 0.4) is 0 Å². The zero-order chi connectivity index (χ0) is 21.1. The lowest BCUT2D eigenvalue weighted by Crippen LogP contribution is -2.38. The maximum absolute atomic E-state index is 12.9. The molecule has 8 heteroatoms. The summed E-state index contributed by atoms with van der Waals surface area (Å²) in [5, 5.41) is 2.81. The highest BCUT2D eigenvalue weighted by Crippen LogP contribution is 2.14. The highest BCUT2D eigenvalue weighted by molar-refractivity contribution is 5.90. The molecule has 0 atom stereocenters. The molecule has 0 spiro atoms. The summed E-state index contributed by atoms with van der Waals surface area (Å²) in [6.07, 6.45) is 4.82. The van der Waals surface area contributed by atoms with Gasteiger partial charge in [-0.25, -0.2) is 4.79 Å². The van der Waals surface area contributed by atoms with E-state index < -0.39 is 11.2 Å². The SMILES string of the molecule is Cc1cccc(NC(=O)Cn2cccc3c(=O)n(Cc4ccncc4)c(=O)nc2-3)c1. The van der Waals surface area contributed by atoms with Gasteiger partial charge in [0.2, 0.25) is 5.91 Å². The predicted molar refractivity (Wildman–Crippen MR) is 113 cm³/mol. The highest BCUT2D eigenvalue weighted by Gasteiger charge is 2.18. The van der Waals surface area contributed by atoms with Crippen molar-refractivity contribution in [3.63, 3.8) is 0 Å². The normalized spacial score (nSPS) is 10.8. The highest BCUT2D eigenvalue weighted by atomic mass is 16.2. The summed E-state index contributed by atoms with van der Waals surface area (Å²) >= 11 is 0. The Bertz CT molecular complexity index is 1290. The lowest BCUT2D eigenvalue weighted by atomic mass is 10.2. The fraction of sp³-hybridized carbons (Fsp3) is 0.136. The Morgan fingerprint density at radius 2 is 1.87 bits per heavy atom. The molecule has 0 radical (unpaired) electrons. The first-order chi connectivity index (χ1) is 14.5. The van der Waals surface area contributed by atoms with Crippen LogP contribution in [0.25, 0.3) is 11.4 Å². The van der Waals surface area contributed by atoms with Crippen LogP contribution < -0.4 is 16.6 Å². The van der Waals surface area contributed by atoms with E-state index in [2.05, 4.69) is 15.3 Å². The Labute approximate surface area is 171 Å². The topological polar surface area (TPSA) is 98.9 Å². The van der Waals surface area contributed by atoms with Crippen LogP contribution in [-0.2, 0) is 17.9 Å². The van der Waals surface area contributed by atoms with Gasteiger partial charge < -0.3 is 9.88 Å². The van der Waals surface area contributed by atoms with Crippen molar-refractivity contribution in [3.05, 3.63) is 99.1 Å². The Morgan fingerprint density at radius 1 is 1.07 bits per heavy atom. The van der Waals surface area contributed by atoms with Gasteiger partial charge in [-0.3, -0.25) is 19.1 Å². The average Bonchev–Trinajstić information content (AvgIpc) is 2.72. The Morgan fingerprint density at radius 3 is 2.63 bits per heavy atom. The Balaban J connectivity index is 1.64. The van der Waals surface area contributed by atoms with Crippen LogP contribution in [0.1, 0.15) is 11.1 Å². The van der Waals surface area contributed by atoms with Crippen molar-refractivity contribution in [1.82, 2.24) is 19.1 Å². The van der Waals surface area contributed by atoms with Crippen molar-refractivity contribution in [3.8, 4) is 11.4 Å². The molecule has 0 saturated carbocycles. The zero-order valence-electron chi connectivity index (χ0n) is 16.3. The molecule has 2 aliphatic heterocycles. The van der Waals surface area contributed by atoms with Crippen molar-refractivity contribution in [2.45, 2.75) is 20.0 Å². The van der Waals surface area contributed by atoms with E-state index in [1.54, 1.807) is 48.9 Å². The quantitative estimate of drug-likeness (QED) is 0.551. The molecule has 30 heavy (non-hydrogen) atoms. The number of aryl methyl sites for hydroxylation is 1. The third kappa shape index (κ3) is 4.02. The van der Waals surface area contributed by atoms with E-state index in [0.29, 0.717) is 5.69 Å². The second-order valence-electron chi connectivity index (χ2n) is 6.93. The molecule has 1 aromatic heterocycles. The van der Waals surface area contributed by atoms with Crippen LogP contribution in [0.5, 0.6) is 0 Å². The molecule has 0 saturated heterocycles. The van der Waals surface area contributed by atoms with E-state index in [1.807, 2.05) is 25.1 Å². The van der Waals surface area contributed by atoms with Crippen LogP contribution in [0.4, 0.5) is 5.69 Å². The molecule has 0 aliphatic carbocycles. The number of fused-ring (bicyclic) bond motifs is 1. The summed E-state index contributed by atoms with van der Waals surface area (Å²) in [7, 11) is 0. The van der Waals surface area contributed by atoms with Gasteiger partial charge in [-0.1, -0.05) is 12.1 Å². The van der Waals surface area contributed by atoms with E-state index >= 15 is 0 Å². The number of anilines is 1. The zero-order valence-corrected chi connectivity index (χ0v) is 16.3. The number of hydrogen-bond acceptors (Lipinski definition) is 5. The Hall–Kier alpha value is -4.07. The van der Waals surface area contributed by atoms with Gasteiger partial charge >= 0.3 is 5.69 Å². The maximum Gasteiger partial charge on any atom is 0.352 e. The largest absolute Gasteiger partial charge is 0.352 e. The van der Waals surface area contributed by atoms with Gasteiger partial charge in [0.05, 0.1) is 12.1 Å². The number of pyridine rings is 2. The van der Waals surface area contributed by atoms with Crippen molar-refractivity contribution in [2.24, 2.45) is 0 Å². The summed E-state index contributed by atoms with van der Waals surface area (Å²) in [5.74, 6) is -0.105. The van der Waals surface area contributed by atoms with Crippen molar-refractivity contribution < 1.29 is 4.79 Å². The second-order valence-corrected chi connectivity index (χ2v) is 6.93.